The summed E-state index contributed by atoms with van der Waals surface area (Å²) >= 11 is 0. The van der Waals surface area contributed by atoms with Crippen molar-refractivity contribution in [1.82, 2.24) is 4.90 Å². The van der Waals surface area contributed by atoms with Crippen LogP contribution in [-0.2, 0) is 11.2 Å². The molecule has 0 N–H and O–H groups in total. The lowest BCUT2D eigenvalue weighted by Gasteiger charge is -2.25. The van der Waals surface area contributed by atoms with Crippen LogP contribution in [0.1, 0.15) is 30.0 Å². The number of carbonyl (C=O) groups is 1. The average Bonchev–Trinajstić information content (AvgIpc) is 3.12. The molecule has 1 heterocycles. The highest BCUT2D eigenvalue weighted by molar-refractivity contribution is 5.80. The van der Waals surface area contributed by atoms with Gasteiger partial charge in [-0.05, 0) is 24.5 Å². The summed E-state index contributed by atoms with van der Waals surface area (Å²) in [5.74, 6) is 1.56. The first kappa shape index (κ1) is 16.4. The highest BCUT2D eigenvalue weighted by Crippen LogP contribution is 2.33. The van der Waals surface area contributed by atoms with E-state index in [9.17, 15) is 4.79 Å². The molecule has 3 rings (SSSR count). The lowest BCUT2D eigenvalue weighted by molar-refractivity contribution is -0.131. The zero-order valence-electron chi connectivity index (χ0n) is 14.2. The molecule has 0 bridgehead atoms. The molecule has 0 aliphatic carbocycles. The van der Waals surface area contributed by atoms with Crippen LogP contribution in [0.4, 0.5) is 0 Å². The molecule has 1 unspecified atom stereocenters. The molecule has 0 spiro atoms. The molecule has 1 fully saturated rings. The number of ether oxygens (including phenoxy) is 2. The first-order valence-corrected chi connectivity index (χ1v) is 8.28. The van der Waals surface area contributed by atoms with Crippen LogP contribution >= 0.6 is 0 Å². The molecule has 1 saturated heterocycles. The summed E-state index contributed by atoms with van der Waals surface area (Å²) in [5.41, 5.74) is 2.10. The van der Waals surface area contributed by atoms with Crippen molar-refractivity contribution >= 4 is 5.91 Å². The van der Waals surface area contributed by atoms with Crippen LogP contribution in [0.25, 0.3) is 0 Å². The van der Waals surface area contributed by atoms with Gasteiger partial charge in [0.25, 0.3) is 0 Å². The van der Waals surface area contributed by atoms with E-state index in [-0.39, 0.29) is 11.9 Å². The molecule has 0 saturated carbocycles. The van der Waals surface area contributed by atoms with Crippen molar-refractivity contribution in [3.05, 3.63) is 59.7 Å². The fourth-order valence-corrected chi connectivity index (χ4v) is 3.35. The molecular weight excluding hydrogens is 302 g/mol. The number of methoxy groups -OCH3 is 2. The van der Waals surface area contributed by atoms with Crippen molar-refractivity contribution in [3.63, 3.8) is 0 Å². The number of likely N-dealkylation sites (tertiary alicyclic amines) is 1. The summed E-state index contributed by atoms with van der Waals surface area (Å²) in [5, 5.41) is 0. The molecule has 24 heavy (non-hydrogen) atoms. The topological polar surface area (TPSA) is 38.8 Å². The Morgan fingerprint density at radius 3 is 2.62 bits per heavy atom. The van der Waals surface area contributed by atoms with Gasteiger partial charge in [0.1, 0.15) is 11.5 Å². The Balaban J connectivity index is 1.77. The van der Waals surface area contributed by atoms with Gasteiger partial charge in [0.2, 0.25) is 5.91 Å². The number of amides is 1. The zero-order chi connectivity index (χ0) is 16.9. The summed E-state index contributed by atoms with van der Waals surface area (Å²) in [6.45, 7) is 0.816. The predicted molar refractivity (Wildman–Crippen MR) is 93.4 cm³/mol. The number of benzene rings is 2. The number of carbonyl (C=O) groups excluding carboxylic acids is 1. The molecule has 2 aromatic rings. The van der Waals surface area contributed by atoms with Crippen LogP contribution < -0.4 is 9.47 Å². The minimum absolute atomic E-state index is 0.143. The van der Waals surface area contributed by atoms with Crippen LogP contribution in [0.15, 0.2) is 48.5 Å². The largest absolute Gasteiger partial charge is 0.497 e. The van der Waals surface area contributed by atoms with Crippen molar-refractivity contribution in [2.45, 2.75) is 25.3 Å². The van der Waals surface area contributed by atoms with Crippen LogP contribution in [0, 0.1) is 0 Å². The SMILES string of the molecule is COc1ccc(CC(=O)N2CCCC2c2ccccc2)c(OC)c1. The van der Waals surface area contributed by atoms with Crippen LogP contribution in [0.3, 0.4) is 0 Å². The van der Waals surface area contributed by atoms with Gasteiger partial charge in [-0.15, -0.1) is 0 Å². The van der Waals surface area contributed by atoms with Gasteiger partial charge in [-0.1, -0.05) is 36.4 Å². The molecule has 1 amide bonds. The van der Waals surface area contributed by atoms with E-state index in [1.807, 2.05) is 41.3 Å². The molecule has 0 aromatic heterocycles. The normalized spacial score (nSPS) is 16.9. The van der Waals surface area contributed by atoms with Crippen LogP contribution in [0.2, 0.25) is 0 Å². The van der Waals surface area contributed by atoms with Gasteiger partial charge in [0, 0.05) is 18.2 Å². The fourth-order valence-electron chi connectivity index (χ4n) is 3.35. The third kappa shape index (κ3) is 3.37. The standard InChI is InChI=1S/C20H23NO3/c1-23-17-11-10-16(19(14-17)24-2)13-20(22)21-12-6-9-18(21)15-7-4-3-5-8-15/h3-5,7-8,10-11,14,18H,6,9,12-13H2,1-2H3. The Morgan fingerprint density at radius 1 is 1.12 bits per heavy atom. The Labute approximate surface area is 143 Å². The molecule has 0 radical (unpaired) electrons. The highest BCUT2D eigenvalue weighted by atomic mass is 16.5. The zero-order valence-corrected chi connectivity index (χ0v) is 14.2. The quantitative estimate of drug-likeness (QED) is 0.843. The van der Waals surface area contributed by atoms with Gasteiger partial charge >= 0.3 is 0 Å². The summed E-state index contributed by atoms with van der Waals surface area (Å²) in [6.07, 6.45) is 2.41. The third-order valence-electron chi connectivity index (χ3n) is 4.59. The van der Waals surface area contributed by atoms with Crippen molar-refractivity contribution in [2.75, 3.05) is 20.8 Å². The lowest BCUT2D eigenvalue weighted by Crippen LogP contribution is -2.31. The highest BCUT2D eigenvalue weighted by Gasteiger charge is 2.30. The van der Waals surface area contributed by atoms with E-state index in [1.165, 1.54) is 5.56 Å². The van der Waals surface area contributed by atoms with Gasteiger partial charge < -0.3 is 14.4 Å². The van der Waals surface area contributed by atoms with Crippen LogP contribution in [0.5, 0.6) is 11.5 Å². The maximum atomic E-state index is 12.9. The number of hydrogen-bond donors (Lipinski definition) is 0. The molecular formula is C20H23NO3. The average molecular weight is 325 g/mol. The Morgan fingerprint density at radius 2 is 1.92 bits per heavy atom. The molecule has 1 aliphatic heterocycles. The van der Waals surface area contributed by atoms with E-state index in [4.69, 9.17) is 9.47 Å². The molecule has 4 nitrogen and oxygen atoms in total. The lowest BCUT2D eigenvalue weighted by atomic mass is 10.0. The molecule has 4 heteroatoms. The number of rotatable bonds is 5. The Kier molecular flexibility index (Phi) is 5.04. The fraction of sp³-hybridized carbons (Fsp3) is 0.350. The Bertz CT molecular complexity index is 699. The smallest absolute Gasteiger partial charge is 0.227 e. The first-order valence-electron chi connectivity index (χ1n) is 8.28. The third-order valence-corrected chi connectivity index (χ3v) is 4.59. The van der Waals surface area contributed by atoms with E-state index < -0.39 is 0 Å². The predicted octanol–water partition coefficient (Wildman–Crippen LogP) is 3.61. The molecule has 1 atom stereocenters. The summed E-state index contributed by atoms with van der Waals surface area (Å²) < 4.78 is 10.6. The first-order chi connectivity index (χ1) is 11.7. The monoisotopic (exact) mass is 325 g/mol. The summed E-state index contributed by atoms with van der Waals surface area (Å²) in [7, 11) is 3.24. The van der Waals surface area contributed by atoms with Crippen molar-refractivity contribution in [1.29, 1.82) is 0 Å². The molecule has 2 aromatic carbocycles. The van der Waals surface area contributed by atoms with Crippen molar-refractivity contribution in [3.8, 4) is 11.5 Å². The Hall–Kier alpha value is -2.49. The van der Waals surface area contributed by atoms with E-state index in [2.05, 4.69) is 12.1 Å². The van der Waals surface area contributed by atoms with Gasteiger partial charge in [-0.3, -0.25) is 4.79 Å². The number of hydrogen-bond acceptors (Lipinski definition) is 3. The maximum absolute atomic E-state index is 12.9. The minimum atomic E-state index is 0.143. The second-order valence-corrected chi connectivity index (χ2v) is 6.01. The summed E-state index contributed by atoms with van der Waals surface area (Å²) in [6, 6.07) is 16.0. The van der Waals surface area contributed by atoms with Crippen molar-refractivity contribution in [2.24, 2.45) is 0 Å². The molecule has 1 aliphatic rings. The van der Waals surface area contributed by atoms with E-state index in [0.29, 0.717) is 12.2 Å². The maximum Gasteiger partial charge on any atom is 0.227 e. The second kappa shape index (κ2) is 7.39. The van der Waals surface area contributed by atoms with Crippen molar-refractivity contribution < 1.29 is 14.3 Å². The van der Waals surface area contributed by atoms with E-state index in [1.54, 1.807) is 14.2 Å². The minimum Gasteiger partial charge on any atom is -0.497 e. The number of nitrogens with zero attached hydrogens (tertiary/aromatic N) is 1. The van der Waals surface area contributed by atoms with Gasteiger partial charge in [0.05, 0.1) is 26.7 Å². The van der Waals surface area contributed by atoms with Gasteiger partial charge in [0.15, 0.2) is 0 Å². The van der Waals surface area contributed by atoms with E-state index in [0.717, 1.165) is 30.7 Å². The van der Waals surface area contributed by atoms with Gasteiger partial charge in [-0.2, -0.15) is 0 Å². The second-order valence-electron chi connectivity index (χ2n) is 6.01. The van der Waals surface area contributed by atoms with Crippen LogP contribution in [-0.4, -0.2) is 31.6 Å². The summed E-state index contributed by atoms with van der Waals surface area (Å²) in [4.78, 5) is 14.9. The molecule has 126 valence electrons. The van der Waals surface area contributed by atoms with Gasteiger partial charge in [-0.25, -0.2) is 0 Å². The van der Waals surface area contributed by atoms with E-state index >= 15 is 0 Å².